The molecule has 4 aromatic carbocycles. The van der Waals surface area contributed by atoms with Crippen LogP contribution in [0.25, 0.3) is 0 Å². The monoisotopic (exact) mass is 710 g/mol. The van der Waals surface area contributed by atoms with Crippen molar-refractivity contribution in [1.29, 1.82) is 0 Å². The second-order valence-corrected chi connectivity index (χ2v) is 12.3. The summed E-state index contributed by atoms with van der Waals surface area (Å²) in [6.07, 6.45) is 1.27. The minimum atomic E-state index is -0.497. The summed E-state index contributed by atoms with van der Waals surface area (Å²) in [4.78, 5) is 72.6. The Labute approximate surface area is 301 Å². The van der Waals surface area contributed by atoms with Gasteiger partial charge in [0.05, 0.1) is 12.2 Å². The molecule has 6 rings (SSSR count). The number of anilines is 2. The molecule has 0 radical (unpaired) electrons. The van der Waals surface area contributed by atoms with Gasteiger partial charge in [0.15, 0.2) is 0 Å². The molecule has 0 saturated carbocycles. The molecule has 0 unspecified atom stereocenters. The standard InChI is InChI=1S/C20H19NO4.C12H13NO3.C8H7ClO/c1-14-7-9-15(10-8-14)20(24)25-12-4-11-21-17-6-3-2-5-16(17)13-18(22)19(21)23;14-7-3-6-13-10-5-2-1-4-9(10)8-11(15)12(13)16;1-6-2-4-7(5-3-6)8(9)10/h2-3,5-10H,4,11-13H2,1H3;1-2,4-5,14H,3,6-8H2;2-5H,1H3. The van der Waals surface area contributed by atoms with Crippen molar-refractivity contribution in [2.75, 3.05) is 36.1 Å². The third-order valence-corrected chi connectivity index (χ3v) is 8.32. The van der Waals surface area contributed by atoms with Gasteiger partial charge in [-0.3, -0.25) is 24.0 Å². The molecule has 0 fully saturated rings. The lowest BCUT2D eigenvalue weighted by Gasteiger charge is -2.28. The van der Waals surface area contributed by atoms with Crippen LogP contribution in [-0.4, -0.2) is 66.0 Å². The summed E-state index contributed by atoms with van der Waals surface area (Å²) in [5.74, 6) is -2.14. The molecule has 0 atom stereocenters. The van der Waals surface area contributed by atoms with Gasteiger partial charge in [0, 0.05) is 49.5 Å². The molecule has 2 aliphatic rings. The van der Waals surface area contributed by atoms with Gasteiger partial charge in [-0.25, -0.2) is 4.79 Å². The van der Waals surface area contributed by atoms with Crippen LogP contribution in [0.1, 0.15) is 55.8 Å². The summed E-state index contributed by atoms with van der Waals surface area (Å²) in [7, 11) is 0. The Bertz CT molecular complexity index is 1890. The van der Waals surface area contributed by atoms with Crippen LogP contribution in [0, 0.1) is 13.8 Å². The number of para-hydroxylation sites is 2. The van der Waals surface area contributed by atoms with E-state index in [1.807, 2.05) is 86.6 Å². The van der Waals surface area contributed by atoms with Gasteiger partial charge in [-0.2, -0.15) is 0 Å². The summed E-state index contributed by atoms with van der Waals surface area (Å²) < 4.78 is 5.25. The lowest BCUT2D eigenvalue weighted by Crippen LogP contribution is -2.42. The molecule has 0 spiro atoms. The van der Waals surface area contributed by atoms with E-state index < -0.39 is 22.8 Å². The van der Waals surface area contributed by atoms with Crippen molar-refractivity contribution in [2.24, 2.45) is 0 Å². The zero-order valence-corrected chi connectivity index (χ0v) is 29.2. The molecule has 2 heterocycles. The first-order chi connectivity index (χ1) is 24.5. The average Bonchev–Trinajstić information content (AvgIpc) is 3.12. The number of fused-ring (bicyclic) bond motifs is 2. The fourth-order valence-electron chi connectivity index (χ4n) is 5.38. The summed E-state index contributed by atoms with van der Waals surface area (Å²) in [5.41, 5.74) is 6.53. The molecule has 2 amide bonds. The first-order valence-corrected chi connectivity index (χ1v) is 16.8. The Hall–Kier alpha value is -5.45. The number of halogens is 1. The average molecular weight is 711 g/mol. The van der Waals surface area contributed by atoms with Gasteiger partial charge < -0.3 is 19.6 Å². The number of nitrogens with zero attached hydrogens (tertiary/aromatic N) is 2. The fourth-order valence-corrected chi connectivity index (χ4v) is 5.51. The second-order valence-electron chi connectivity index (χ2n) is 11.9. The first kappa shape index (κ1) is 38.4. The maximum absolute atomic E-state index is 12.1. The number of carbonyl (C=O) groups is 6. The lowest BCUT2D eigenvalue weighted by atomic mass is 10.00. The van der Waals surface area contributed by atoms with Gasteiger partial charge in [0.25, 0.3) is 17.1 Å². The maximum Gasteiger partial charge on any atom is 0.338 e. The zero-order valence-electron chi connectivity index (χ0n) is 28.5. The van der Waals surface area contributed by atoms with E-state index in [-0.39, 0.29) is 37.8 Å². The highest BCUT2D eigenvalue weighted by atomic mass is 35.5. The molecule has 1 N–H and O–H groups in total. The number of aliphatic hydroxyl groups excluding tert-OH is 1. The Balaban J connectivity index is 0.000000191. The van der Waals surface area contributed by atoms with E-state index >= 15 is 0 Å². The van der Waals surface area contributed by atoms with Gasteiger partial charge in [0.1, 0.15) is 0 Å². The number of amides is 2. The zero-order chi connectivity index (χ0) is 36.9. The maximum atomic E-state index is 12.1. The van der Waals surface area contributed by atoms with E-state index in [0.717, 1.165) is 33.6 Å². The lowest BCUT2D eigenvalue weighted by molar-refractivity contribution is -0.136. The second kappa shape index (κ2) is 18.5. The number of aliphatic hydroxyl groups is 1. The third-order valence-electron chi connectivity index (χ3n) is 8.10. The molecular formula is C40H39ClN2O8. The van der Waals surface area contributed by atoms with Crippen molar-refractivity contribution >= 4 is 57.6 Å². The third kappa shape index (κ3) is 10.5. The van der Waals surface area contributed by atoms with Gasteiger partial charge in [0.2, 0.25) is 11.6 Å². The number of hydrogen-bond acceptors (Lipinski definition) is 8. The van der Waals surface area contributed by atoms with Gasteiger partial charge in [-0.1, -0.05) is 71.8 Å². The molecular weight excluding hydrogens is 672 g/mol. The van der Waals surface area contributed by atoms with Gasteiger partial charge >= 0.3 is 5.97 Å². The highest BCUT2D eigenvalue weighted by Crippen LogP contribution is 2.27. The van der Waals surface area contributed by atoms with Crippen LogP contribution in [0.3, 0.4) is 0 Å². The van der Waals surface area contributed by atoms with Crippen LogP contribution >= 0.6 is 11.6 Å². The number of esters is 1. The molecule has 11 heteroatoms. The summed E-state index contributed by atoms with van der Waals surface area (Å²) in [6, 6.07) is 29.0. The van der Waals surface area contributed by atoms with Crippen LogP contribution in [0.5, 0.6) is 0 Å². The number of rotatable bonds is 9. The molecule has 2 aliphatic heterocycles. The van der Waals surface area contributed by atoms with Gasteiger partial charge in [-0.05, 0) is 85.8 Å². The van der Waals surface area contributed by atoms with Crippen LogP contribution in [0.15, 0.2) is 97.1 Å². The van der Waals surface area contributed by atoms with E-state index in [9.17, 15) is 28.8 Å². The number of ketones is 2. The topological polar surface area (TPSA) is 138 Å². The molecule has 264 valence electrons. The number of hydrogen-bond donors (Lipinski definition) is 1. The Kier molecular flexibility index (Phi) is 13.9. The molecule has 10 nitrogen and oxygen atoms in total. The fraction of sp³-hybridized carbons (Fsp3) is 0.250. The summed E-state index contributed by atoms with van der Waals surface area (Å²) >= 11 is 5.22. The predicted octanol–water partition coefficient (Wildman–Crippen LogP) is 5.60. The number of aryl methyl sites for hydroxylation is 2. The smallest absolute Gasteiger partial charge is 0.338 e. The quantitative estimate of drug-likeness (QED) is 0.103. The minimum absolute atomic E-state index is 0.0140. The minimum Gasteiger partial charge on any atom is -0.462 e. The molecule has 0 aromatic heterocycles. The van der Waals surface area contributed by atoms with Crippen LogP contribution in [-0.2, 0) is 36.8 Å². The van der Waals surface area contributed by atoms with Crippen molar-refractivity contribution in [3.05, 3.63) is 130 Å². The van der Waals surface area contributed by atoms with Gasteiger partial charge in [-0.15, -0.1) is 0 Å². The van der Waals surface area contributed by atoms with Crippen molar-refractivity contribution in [1.82, 2.24) is 0 Å². The van der Waals surface area contributed by atoms with Crippen LogP contribution in [0.4, 0.5) is 11.4 Å². The SMILES string of the molecule is Cc1ccc(C(=O)Cl)cc1.Cc1ccc(C(=O)OCCCN2C(=O)C(=O)Cc3ccccc32)cc1.O=C1Cc2ccccc2N(CCCO)C1=O. The number of ether oxygens (including phenoxy) is 1. The van der Waals surface area contributed by atoms with Crippen molar-refractivity contribution in [3.63, 3.8) is 0 Å². The highest BCUT2D eigenvalue weighted by Gasteiger charge is 2.31. The molecule has 4 aromatic rings. The first-order valence-electron chi connectivity index (χ1n) is 16.5. The van der Waals surface area contributed by atoms with Crippen LogP contribution in [0.2, 0.25) is 0 Å². The summed E-state index contributed by atoms with van der Waals surface area (Å²) in [6.45, 7) is 4.83. The van der Waals surface area contributed by atoms with Crippen molar-refractivity contribution in [2.45, 2.75) is 39.5 Å². The Morgan fingerprint density at radius 1 is 0.647 bits per heavy atom. The van der Waals surface area contributed by atoms with E-state index in [2.05, 4.69) is 0 Å². The highest BCUT2D eigenvalue weighted by molar-refractivity contribution is 6.67. The van der Waals surface area contributed by atoms with E-state index in [0.29, 0.717) is 37.1 Å². The predicted molar refractivity (Wildman–Crippen MR) is 194 cm³/mol. The Morgan fingerprint density at radius 3 is 1.53 bits per heavy atom. The van der Waals surface area contributed by atoms with Crippen LogP contribution < -0.4 is 9.80 Å². The van der Waals surface area contributed by atoms with E-state index in [1.54, 1.807) is 24.3 Å². The number of benzene rings is 4. The molecule has 0 aliphatic carbocycles. The normalized spacial score (nSPS) is 13.3. The molecule has 0 bridgehead atoms. The number of carbonyl (C=O) groups excluding carboxylic acids is 6. The molecule has 51 heavy (non-hydrogen) atoms. The van der Waals surface area contributed by atoms with Crippen molar-refractivity contribution in [3.8, 4) is 0 Å². The summed E-state index contributed by atoms with van der Waals surface area (Å²) in [5, 5.41) is 8.37. The Morgan fingerprint density at radius 2 is 1.08 bits per heavy atom. The number of Topliss-reactive ketones (excluding diaryl/α,β-unsaturated/α-hetero) is 2. The van der Waals surface area contributed by atoms with E-state index in [1.165, 1.54) is 9.80 Å². The van der Waals surface area contributed by atoms with Crippen molar-refractivity contribution < 1.29 is 38.6 Å². The largest absolute Gasteiger partial charge is 0.462 e. The van der Waals surface area contributed by atoms with E-state index in [4.69, 9.17) is 21.4 Å². The molecule has 0 saturated heterocycles.